The van der Waals surface area contributed by atoms with Gasteiger partial charge in [0.1, 0.15) is 0 Å². The Bertz CT molecular complexity index is 616. The number of hydrogen-bond acceptors (Lipinski definition) is 4. The molecular formula is C13H12Cl2N4. The van der Waals surface area contributed by atoms with Crippen molar-refractivity contribution >= 4 is 34.7 Å². The topological polar surface area (TPSA) is 50.7 Å². The molecule has 6 heteroatoms. The maximum absolute atomic E-state index is 5.97. The highest BCUT2D eigenvalue weighted by Crippen LogP contribution is 2.30. The molecule has 0 bridgehead atoms. The molecule has 19 heavy (non-hydrogen) atoms. The number of benzene rings is 1. The minimum atomic E-state index is 0.0803. The molecule has 0 spiro atoms. The number of nitrogens with zero attached hydrogens (tertiary/aromatic N) is 3. The van der Waals surface area contributed by atoms with Crippen LogP contribution in [-0.2, 0) is 12.8 Å². The number of aromatic nitrogens is 3. The summed E-state index contributed by atoms with van der Waals surface area (Å²) in [5.41, 5.74) is 3.75. The summed E-state index contributed by atoms with van der Waals surface area (Å²) in [5.74, 6) is 0.445. The lowest BCUT2D eigenvalue weighted by molar-refractivity contribution is 0.687. The van der Waals surface area contributed by atoms with Crippen molar-refractivity contribution in [3.63, 3.8) is 0 Å². The van der Waals surface area contributed by atoms with Crippen LogP contribution < -0.4 is 5.32 Å². The lowest BCUT2D eigenvalue weighted by Gasteiger charge is -2.19. The van der Waals surface area contributed by atoms with E-state index >= 15 is 0 Å². The summed E-state index contributed by atoms with van der Waals surface area (Å²) in [6.45, 7) is 0. The number of nitrogens with one attached hydrogen (secondary N) is 1. The maximum atomic E-state index is 5.97. The molecule has 0 unspecified atom stereocenters. The molecule has 3 rings (SSSR count). The van der Waals surface area contributed by atoms with E-state index in [2.05, 4.69) is 26.6 Å². The average Bonchev–Trinajstić information content (AvgIpc) is 2.43. The molecule has 0 saturated carbocycles. The Morgan fingerprint density at radius 3 is 2.79 bits per heavy atom. The fourth-order valence-electron chi connectivity index (χ4n) is 2.40. The monoisotopic (exact) mass is 294 g/mol. The molecule has 0 fully saturated rings. The number of aryl methyl sites for hydroxylation is 1. The third kappa shape index (κ3) is 2.65. The smallest absolute Gasteiger partial charge is 0.245 e. The van der Waals surface area contributed by atoms with Crippen LogP contribution in [0.1, 0.15) is 24.0 Å². The predicted octanol–water partition coefficient (Wildman–Crippen LogP) is 3.80. The molecule has 4 nitrogen and oxygen atoms in total. The summed E-state index contributed by atoms with van der Waals surface area (Å²) in [4.78, 5) is 4.07. The highest BCUT2D eigenvalue weighted by molar-refractivity contribution is 6.32. The average molecular weight is 295 g/mol. The van der Waals surface area contributed by atoms with Crippen LogP contribution in [0, 0.1) is 0 Å². The Balaban J connectivity index is 1.97. The lowest BCUT2D eigenvalue weighted by atomic mass is 9.90. The number of anilines is 2. The van der Waals surface area contributed by atoms with E-state index in [-0.39, 0.29) is 10.4 Å². The van der Waals surface area contributed by atoms with Gasteiger partial charge in [-0.05, 0) is 54.5 Å². The molecule has 1 heterocycles. The van der Waals surface area contributed by atoms with Gasteiger partial charge in [0.15, 0.2) is 11.0 Å². The standard InChI is InChI=1S/C13H12Cl2N4/c14-11-12(17-13(15)19-18-11)16-10-7-3-5-8-4-1-2-6-9(8)10/h3,5,7H,1-2,4,6H2,(H,16,17,19). The van der Waals surface area contributed by atoms with E-state index in [9.17, 15) is 0 Å². The number of fused-ring (bicyclic) bond motifs is 1. The van der Waals surface area contributed by atoms with E-state index in [4.69, 9.17) is 23.2 Å². The number of hydrogen-bond donors (Lipinski definition) is 1. The van der Waals surface area contributed by atoms with Crippen LogP contribution in [0.3, 0.4) is 0 Å². The van der Waals surface area contributed by atoms with Gasteiger partial charge in [0, 0.05) is 5.69 Å². The summed E-state index contributed by atoms with van der Waals surface area (Å²) in [6.07, 6.45) is 4.66. The molecule has 0 radical (unpaired) electrons. The van der Waals surface area contributed by atoms with Crippen LogP contribution in [0.15, 0.2) is 18.2 Å². The Morgan fingerprint density at radius 1 is 1.05 bits per heavy atom. The predicted molar refractivity (Wildman–Crippen MR) is 76.2 cm³/mol. The molecule has 0 aliphatic heterocycles. The van der Waals surface area contributed by atoms with Crippen molar-refractivity contribution in [1.82, 2.24) is 15.2 Å². The molecule has 1 aromatic heterocycles. The van der Waals surface area contributed by atoms with E-state index in [0.29, 0.717) is 5.82 Å². The summed E-state index contributed by atoms with van der Waals surface area (Å²) in [5, 5.41) is 10.9. The third-order valence-corrected chi connectivity index (χ3v) is 3.68. The van der Waals surface area contributed by atoms with Crippen molar-refractivity contribution in [2.45, 2.75) is 25.7 Å². The van der Waals surface area contributed by atoms with Gasteiger partial charge in [0.05, 0.1) is 0 Å². The van der Waals surface area contributed by atoms with Gasteiger partial charge in [-0.1, -0.05) is 23.7 Å². The van der Waals surface area contributed by atoms with Gasteiger partial charge < -0.3 is 5.32 Å². The molecule has 1 aromatic carbocycles. The highest BCUT2D eigenvalue weighted by atomic mass is 35.5. The zero-order valence-corrected chi connectivity index (χ0v) is 11.7. The van der Waals surface area contributed by atoms with Crippen molar-refractivity contribution in [3.8, 4) is 0 Å². The van der Waals surface area contributed by atoms with Crippen molar-refractivity contribution in [2.24, 2.45) is 0 Å². The van der Waals surface area contributed by atoms with Crippen LogP contribution >= 0.6 is 23.2 Å². The molecule has 0 atom stereocenters. The molecule has 0 amide bonds. The molecule has 98 valence electrons. The maximum Gasteiger partial charge on any atom is 0.245 e. The van der Waals surface area contributed by atoms with Gasteiger partial charge in [0.2, 0.25) is 5.28 Å². The zero-order valence-electron chi connectivity index (χ0n) is 10.2. The minimum Gasteiger partial charge on any atom is -0.337 e. The van der Waals surface area contributed by atoms with Crippen molar-refractivity contribution in [3.05, 3.63) is 39.8 Å². The fraction of sp³-hybridized carbons (Fsp3) is 0.308. The summed E-state index contributed by atoms with van der Waals surface area (Å²) in [7, 11) is 0. The quantitative estimate of drug-likeness (QED) is 0.915. The van der Waals surface area contributed by atoms with Crippen LogP contribution in [0.5, 0.6) is 0 Å². The normalized spacial score (nSPS) is 14.0. The van der Waals surface area contributed by atoms with E-state index in [1.165, 1.54) is 24.0 Å². The van der Waals surface area contributed by atoms with Crippen LogP contribution in [0.4, 0.5) is 11.5 Å². The largest absolute Gasteiger partial charge is 0.337 e. The third-order valence-electron chi connectivity index (χ3n) is 3.27. The van der Waals surface area contributed by atoms with Crippen molar-refractivity contribution in [1.29, 1.82) is 0 Å². The van der Waals surface area contributed by atoms with E-state index < -0.39 is 0 Å². The van der Waals surface area contributed by atoms with Crippen molar-refractivity contribution < 1.29 is 0 Å². The second-order valence-electron chi connectivity index (χ2n) is 4.50. The van der Waals surface area contributed by atoms with Crippen LogP contribution in [0.25, 0.3) is 0 Å². The fourth-order valence-corrected chi connectivity index (χ4v) is 2.65. The van der Waals surface area contributed by atoms with Gasteiger partial charge in [0.25, 0.3) is 0 Å². The van der Waals surface area contributed by atoms with Gasteiger partial charge in [-0.25, -0.2) is 0 Å². The first-order valence-corrected chi connectivity index (χ1v) is 6.93. The number of halogens is 2. The van der Waals surface area contributed by atoms with Crippen LogP contribution in [-0.4, -0.2) is 15.2 Å². The van der Waals surface area contributed by atoms with Gasteiger partial charge >= 0.3 is 0 Å². The minimum absolute atomic E-state index is 0.0803. The SMILES string of the molecule is Clc1nnc(Cl)c(Nc2cccc3c2CCCC3)n1. The van der Waals surface area contributed by atoms with Crippen LogP contribution in [0.2, 0.25) is 10.4 Å². The Labute approximate surface area is 121 Å². The highest BCUT2D eigenvalue weighted by Gasteiger charge is 2.14. The second kappa shape index (κ2) is 5.31. The molecular weight excluding hydrogens is 283 g/mol. The Hall–Kier alpha value is -1.39. The summed E-state index contributed by atoms with van der Waals surface area (Å²) in [6, 6.07) is 6.24. The second-order valence-corrected chi connectivity index (χ2v) is 5.19. The van der Waals surface area contributed by atoms with E-state index in [1.807, 2.05) is 12.1 Å². The summed E-state index contributed by atoms with van der Waals surface area (Å²) < 4.78 is 0. The molecule has 2 aromatic rings. The van der Waals surface area contributed by atoms with Crippen molar-refractivity contribution in [2.75, 3.05) is 5.32 Å². The number of rotatable bonds is 2. The van der Waals surface area contributed by atoms with Gasteiger partial charge in [-0.3, -0.25) is 0 Å². The molecule has 1 aliphatic rings. The molecule has 0 saturated heterocycles. The first-order valence-electron chi connectivity index (χ1n) is 6.17. The zero-order chi connectivity index (χ0) is 13.2. The van der Waals surface area contributed by atoms with Gasteiger partial charge in [-0.2, -0.15) is 4.98 Å². The first kappa shape index (κ1) is 12.6. The molecule has 1 aliphatic carbocycles. The van der Waals surface area contributed by atoms with E-state index in [1.54, 1.807) is 0 Å². The lowest BCUT2D eigenvalue weighted by Crippen LogP contribution is -2.07. The Morgan fingerprint density at radius 2 is 1.89 bits per heavy atom. The first-order chi connectivity index (χ1) is 9.24. The van der Waals surface area contributed by atoms with E-state index in [0.717, 1.165) is 18.5 Å². The molecule has 1 N–H and O–H groups in total. The summed E-state index contributed by atoms with van der Waals surface area (Å²) >= 11 is 11.7. The Kier molecular flexibility index (Phi) is 3.53. The van der Waals surface area contributed by atoms with Gasteiger partial charge in [-0.15, -0.1) is 10.2 Å².